The summed E-state index contributed by atoms with van der Waals surface area (Å²) in [6.45, 7) is 2.71. The van der Waals surface area contributed by atoms with Crippen molar-refractivity contribution < 1.29 is 19.4 Å². The van der Waals surface area contributed by atoms with E-state index < -0.39 is 5.97 Å². The SMILES string of the molecule is CCCOc1ccc(C(=O)O)cc1C(=O)NCc1cccnc1. The summed E-state index contributed by atoms with van der Waals surface area (Å²) < 4.78 is 5.53. The molecule has 0 saturated carbocycles. The van der Waals surface area contributed by atoms with Crippen LogP contribution in [0.5, 0.6) is 5.75 Å². The van der Waals surface area contributed by atoms with Crippen LogP contribution in [0.2, 0.25) is 0 Å². The largest absolute Gasteiger partial charge is 0.493 e. The number of hydrogen-bond acceptors (Lipinski definition) is 4. The minimum atomic E-state index is -1.09. The number of nitrogens with one attached hydrogen (secondary N) is 1. The third-order valence-electron chi connectivity index (χ3n) is 3.11. The minimum Gasteiger partial charge on any atom is -0.493 e. The Morgan fingerprint density at radius 1 is 1.30 bits per heavy atom. The van der Waals surface area contributed by atoms with Crippen LogP contribution in [0.15, 0.2) is 42.7 Å². The zero-order chi connectivity index (χ0) is 16.7. The molecule has 6 heteroatoms. The van der Waals surface area contributed by atoms with E-state index >= 15 is 0 Å². The van der Waals surface area contributed by atoms with E-state index in [0.29, 0.717) is 18.9 Å². The number of carboxylic acids is 1. The highest BCUT2D eigenvalue weighted by molar-refractivity contribution is 5.99. The summed E-state index contributed by atoms with van der Waals surface area (Å²) in [5.74, 6) is -1.10. The summed E-state index contributed by atoms with van der Waals surface area (Å²) in [6, 6.07) is 7.88. The van der Waals surface area contributed by atoms with Crippen molar-refractivity contribution >= 4 is 11.9 Å². The molecule has 23 heavy (non-hydrogen) atoms. The van der Waals surface area contributed by atoms with E-state index in [-0.39, 0.29) is 17.0 Å². The molecular formula is C17H18N2O4. The van der Waals surface area contributed by atoms with Gasteiger partial charge in [-0.1, -0.05) is 13.0 Å². The van der Waals surface area contributed by atoms with Gasteiger partial charge in [0.05, 0.1) is 17.7 Å². The Hall–Kier alpha value is -2.89. The Morgan fingerprint density at radius 2 is 2.13 bits per heavy atom. The molecule has 0 atom stereocenters. The van der Waals surface area contributed by atoms with Gasteiger partial charge in [-0.15, -0.1) is 0 Å². The van der Waals surface area contributed by atoms with Crippen LogP contribution >= 0.6 is 0 Å². The molecule has 0 aliphatic rings. The predicted molar refractivity (Wildman–Crippen MR) is 84.6 cm³/mol. The van der Waals surface area contributed by atoms with Crippen LogP contribution in [-0.4, -0.2) is 28.6 Å². The second-order valence-electron chi connectivity index (χ2n) is 4.91. The normalized spacial score (nSPS) is 10.1. The fourth-order valence-electron chi connectivity index (χ4n) is 1.96. The lowest BCUT2D eigenvalue weighted by atomic mass is 10.1. The zero-order valence-electron chi connectivity index (χ0n) is 12.8. The summed E-state index contributed by atoms with van der Waals surface area (Å²) in [5, 5.41) is 11.8. The average Bonchev–Trinajstić information content (AvgIpc) is 2.58. The molecule has 0 saturated heterocycles. The first-order chi connectivity index (χ1) is 11.1. The van der Waals surface area contributed by atoms with E-state index in [1.165, 1.54) is 18.2 Å². The third kappa shape index (κ3) is 4.54. The number of carboxylic acid groups (broad SMARTS) is 1. The molecule has 2 N–H and O–H groups in total. The molecule has 0 spiro atoms. The van der Waals surface area contributed by atoms with Crippen molar-refractivity contribution in [2.75, 3.05) is 6.61 Å². The first-order valence-corrected chi connectivity index (χ1v) is 7.29. The topological polar surface area (TPSA) is 88.5 Å². The summed E-state index contributed by atoms with van der Waals surface area (Å²) in [7, 11) is 0. The van der Waals surface area contributed by atoms with Crippen molar-refractivity contribution in [3.8, 4) is 5.75 Å². The van der Waals surface area contributed by atoms with Crippen LogP contribution in [0.25, 0.3) is 0 Å². The van der Waals surface area contributed by atoms with Crippen LogP contribution in [0.1, 0.15) is 39.6 Å². The highest BCUT2D eigenvalue weighted by Crippen LogP contribution is 2.21. The van der Waals surface area contributed by atoms with E-state index in [4.69, 9.17) is 9.84 Å². The second kappa shape index (κ2) is 7.93. The van der Waals surface area contributed by atoms with Crippen molar-refractivity contribution in [3.05, 3.63) is 59.4 Å². The molecule has 1 heterocycles. The number of carbonyl (C=O) groups is 2. The maximum atomic E-state index is 12.4. The standard InChI is InChI=1S/C17H18N2O4/c1-2-8-23-15-6-5-13(17(21)22)9-14(15)16(20)19-11-12-4-3-7-18-10-12/h3-7,9-10H,2,8,11H2,1H3,(H,19,20)(H,21,22). The van der Waals surface area contributed by atoms with Crippen molar-refractivity contribution in [2.24, 2.45) is 0 Å². The lowest BCUT2D eigenvalue weighted by Crippen LogP contribution is -2.24. The zero-order valence-corrected chi connectivity index (χ0v) is 12.8. The fraction of sp³-hybridized carbons (Fsp3) is 0.235. The van der Waals surface area contributed by atoms with Gasteiger partial charge in [0, 0.05) is 18.9 Å². The summed E-state index contributed by atoms with van der Waals surface area (Å²) in [6.07, 6.45) is 4.10. The molecule has 2 aromatic rings. The van der Waals surface area contributed by atoms with Gasteiger partial charge in [-0.2, -0.15) is 0 Å². The van der Waals surface area contributed by atoms with Gasteiger partial charge >= 0.3 is 5.97 Å². The predicted octanol–water partition coefficient (Wildman–Crippen LogP) is 2.50. The molecule has 0 bridgehead atoms. The van der Waals surface area contributed by atoms with Crippen molar-refractivity contribution in [1.82, 2.24) is 10.3 Å². The van der Waals surface area contributed by atoms with Crippen molar-refractivity contribution in [3.63, 3.8) is 0 Å². The molecule has 120 valence electrons. The number of benzene rings is 1. The lowest BCUT2D eigenvalue weighted by Gasteiger charge is -2.12. The lowest BCUT2D eigenvalue weighted by molar-refractivity contribution is 0.0697. The molecule has 0 fully saturated rings. The molecule has 6 nitrogen and oxygen atoms in total. The number of aromatic carboxylic acids is 1. The van der Waals surface area contributed by atoms with E-state index in [0.717, 1.165) is 12.0 Å². The Kier molecular flexibility index (Phi) is 5.68. The minimum absolute atomic E-state index is 0.0420. The second-order valence-corrected chi connectivity index (χ2v) is 4.91. The van der Waals surface area contributed by atoms with Crippen LogP contribution < -0.4 is 10.1 Å². The number of carbonyl (C=O) groups excluding carboxylic acids is 1. The number of nitrogens with zero attached hydrogens (tertiary/aromatic N) is 1. The van der Waals surface area contributed by atoms with E-state index in [1.807, 2.05) is 13.0 Å². The number of hydrogen-bond donors (Lipinski definition) is 2. The van der Waals surface area contributed by atoms with Crippen LogP contribution in [0.4, 0.5) is 0 Å². The number of ether oxygens (including phenoxy) is 1. The van der Waals surface area contributed by atoms with Gasteiger partial charge in [0.2, 0.25) is 0 Å². The molecular weight excluding hydrogens is 296 g/mol. The molecule has 0 aliphatic carbocycles. The smallest absolute Gasteiger partial charge is 0.335 e. The van der Waals surface area contributed by atoms with Gasteiger partial charge < -0.3 is 15.2 Å². The molecule has 0 aliphatic heterocycles. The van der Waals surface area contributed by atoms with Crippen LogP contribution in [0.3, 0.4) is 0 Å². The first-order valence-electron chi connectivity index (χ1n) is 7.29. The highest BCUT2D eigenvalue weighted by Gasteiger charge is 2.16. The van der Waals surface area contributed by atoms with Crippen molar-refractivity contribution in [2.45, 2.75) is 19.9 Å². The Morgan fingerprint density at radius 3 is 2.78 bits per heavy atom. The molecule has 0 unspecified atom stereocenters. The summed E-state index contributed by atoms with van der Waals surface area (Å²) in [5.41, 5.74) is 1.11. The molecule has 2 rings (SSSR count). The first kappa shape index (κ1) is 16.5. The molecule has 1 amide bonds. The van der Waals surface area contributed by atoms with Crippen LogP contribution in [0, 0.1) is 0 Å². The maximum absolute atomic E-state index is 12.4. The quantitative estimate of drug-likeness (QED) is 0.819. The third-order valence-corrected chi connectivity index (χ3v) is 3.11. The van der Waals surface area contributed by atoms with Crippen molar-refractivity contribution in [1.29, 1.82) is 0 Å². The van der Waals surface area contributed by atoms with E-state index in [9.17, 15) is 9.59 Å². The van der Waals surface area contributed by atoms with Gasteiger partial charge in [-0.05, 0) is 36.2 Å². The Bertz CT molecular complexity index is 686. The number of amides is 1. The number of rotatable bonds is 7. The molecule has 1 aromatic heterocycles. The van der Waals surface area contributed by atoms with Gasteiger partial charge in [0.1, 0.15) is 5.75 Å². The van der Waals surface area contributed by atoms with E-state index in [2.05, 4.69) is 10.3 Å². The Balaban J connectivity index is 2.18. The number of pyridine rings is 1. The van der Waals surface area contributed by atoms with E-state index in [1.54, 1.807) is 18.5 Å². The fourth-order valence-corrected chi connectivity index (χ4v) is 1.96. The van der Waals surface area contributed by atoms with Gasteiger partial charge in [-0.3, -0.25) is 9.78 Å². The number of aromatic nitrogens is 1. The van der Waals surface area contributed by atoms with Gasteiger partial charge in [0.25, 0.3) is 5.91 Å². The molecule has 1 aromatic carbocycles. The van der Waals surface area contributed by atoms with Gasteiger partial charge in [-0.25, -0.2) is 4.79 Å². The molecule has 0 radical (unpaired) electrons. The van der Waals surface area contributed by atoms with Gasteiger partial charge in [0.15, 0.2) is 0 Å². The summed E-state index contributed by atoms with van der Waals surface area (Å²) in [4.78, 5) is 27.4. The monoisotopic (exact) mass is 314 g/mol. The Labute approximate surface area is 134 Å². The highest BCUT2D eigenvalue weighted by atomic mass is 16.5. The van der Waals surface area contributed by atoms with Crippen LogP contribution in [-0.2, 0) is 6.54 Å². The summed E-state index contributed by atoms with van der Waals surface area (Å²) >= 11 is 0. The maximum Gasteiger partial charge on any atom is 0.335 e. The average molecular weight is 314 g/mol.